The molecule has 3 N–H and O–H groups in total. The topological polar surface area (TPSA) is 90.5 Å². The molecule has 1 fully saturated rings. The molecule has 3 rings (SSSR count). The lowest BCUT2D eigenvalue weighted by molar-refractivity contribution is 0.0712. The van der Waals surface area contributed by atoms with Gasteiger partial charge in [0.1, 0.15) is 0 Å². The van der Waals surface area contributed by atoms with Crippen LogP contribution in [-0.2, 0) is 0 Å². The van der Waals surface area contributed by atoms with Crippen LogP contribution in [0, 0.1) is 6.92 Å². The number of aryl methyl sites for hydroxylation is 1. The van der Waals surface area contributed by atoms with Gasteiger partial charge in [-0.05, 0) is 74.9 Å². The second kappa shape index (κ2) is 10.3. The van der Waals surface area contributed by atoms with Gasteiger partial charge in [-0.25, -0.2) is 4.79 Å². The van der Waals surface area contributed by atoms with Crippen molar-refractivity contribution in [1.29, 1.82) is 0 Å². The van der Waals surface area contributed by atoms with Crippen molar-refractivity contribution in [3.63, 3.8) is 0 Å². The molecule has 1 aliphatic rings. The number of nitrogens with zero attached hydrogens (tertiary/aromatic N) is 1. The van der Waals surface area contributed by atoms with Crippen LogP contribution in [0.2, 0.25) is 0 Å². The number of anilines is 1. The summed E-state index contributed by atoms with van der Waals surface area (Å²) in [7, 11) is 1.62. The van der Waals surface area contributed by atoms with Crippen molar-refractivity contribution in [1.82, 2.24) is 15.5 Å². The van der Waals surface area contributed by atoms with Crippen LogP contribution < -0.4 is 16.0 Å². The zero-order valence-corrected chi connectivity index (χ0v) is 19.2. The lowest BCUT2D eigenvalue weighted by atomic mass is 9.88. The van der Waals surface area contributed by atoms with Crippen molar-refractivity contribution >= 4 is 23.5 Å². The molecule has 32 heavy (non-hydrogen) atoms. The minimum absolute atomic E-state index is 0.0225. The summed E-state index contributed by atoms with van der Waals surface area (Å²) in [4.78, 5) is 38.7. The molecule has 4 amide bonds. The minimum atomic E-state index is -0.282. The summed E-state index contributed by atoms with van der Waals surface area (Å²) < 4.78 is 0. The van der Waals surface area contributed by atoms with Gasteiger partial charge in [0.25, 0.3) is 11.8 Å². The molecule has 170 valence electrons. The summed E-state index contributed by atoms with van der Waals surface area (Å²) in [5.41, 5.74) is 3.96. The molecular formula is C25H32N4O3. The number of piperidine rings is 1. The first-order chi connectivity index (χ1) is 15.3. The predicted molar refractivity (Wildman–Crippen MR) is 126 cm³/mol. The molecular weight excluding hydrogens is 404 g/mol. The second-order valence-electron chi connectivity index (χ2n) is 8.55. The summed E-state index contributed by atoms with van der Waals surface area (Å²) >= 11 is 0. The van der Waals surface area contributed by atoms with Gasteiger partial charge in [-0.3, -0.25) is 9.59 Å². The van der Waals surface area contributed by atoms with Gasteiger partial charge in [-0.1, -0.05) is 18.2 Å². The van der Waals surface area contributed by atoms with Crippen LogP contribution in [0.5, 0.6) is 0 Å². The number of hydrogen-bond donors (Lipinski definition) is 3. The quantitative estimate of drug-likeness (QED) is 0.664. The Labute approximate surface area is 189 Å². The summed E-state index contributed by atoms with van der Waals surface area (Å²) in [6, 6.07) is 12.9. The first-order valence-electron chi connectivity index (χ1n) is 11.1. The van der Waals surface area contributed by atoms with Gasteiger partial charge in [0.2, 0.25) is 0 Å². The van der Waals surface area contributed by atoms with E-state index in [1.54, 1.807) is 13.1 Å². The van der Waals surface area contributed by atoms with E-state index in [0.717, 1.165) is 18.4 Å². The smallest absolute Gasteiger partial charge is 0.319 e. The monoisotopic (exact) mass is 436 g/mol. The minimum Gasteiger partial charge on any atom is -0.355 e. The third kappa shape index (κ3) is 5.66. The molecule has 7 heteroatoms. The Balaban J connectivity index is 1.62. The number of urea groups is 1. The van der Waals surface area contributed by atoms with Crippen molar-refractivity contribution < 1.29 is 14.4 Å². The van der Waals surface area contributed by atoms with E-state index < -0.39 is 0 Å². The number of rotatable bonds is 5. The summed E-state index contributed by atoms with van der Waals surface area (Å²) in [6.07, 6.45) is 1.75. The lowest BCUT2D eigenvalue weighted by Crippen LogP contribution is -2.38. The van der Waals surface area contributed by atoms with Crippen LogP contribution >= 0.6 is 0 Å². The Morgan fingerprint density at radius 1 is 0.969 bits per heavy atom. The third-order valence-electron chi connectivity index (χ3n) is 5.81. The molecule has 0 bridgehead atoms. The van der Waals surface area contributed by atoms with Gasteiger partial charge in [-0.2, -0.15) is 0 Å². The summed E-state index contributed by atoms with van der Waals surface area (Å²) in [6.45, 7) is 7.04. The van der Waals surface area contributed by atoms with Crippen molar-refractivity contribution in [2.75, 3.05) is 25.5 Å². The zero-order valence-electron chi connectivity index (χ0n) is 19.2. The van der Waals surface area contributed by atoms with Crippen molar-refractivity contribution in [2.24, 2.45) is 0 Å². The number of hydrogen-bond acceptors (Lipinski definition) is 3. The maximum atomic E-state index is 13.1. The van der Waals surface area contributed by atoms with Gasteiger partial charge in [-0.15, -0.1) is 0 Å². The molecule has 1 aliphatic heterocycles. The van der Waals surface area contributed by atoms with E-state index in [4.69, 9.17) is 0 Å². The van der Waals surface area contributed by atoms with Crippen molar-refractivity contribution in [3.8, 4) is 0 Å². The van der Waals surface area contributed by atoms with E-state index in [1.807, 2.05) is 62.1 Å². The number of likely N-dealkylation sites (tertiary alicyclic amines) is 1. The highest BCUT2D eigenvalue weighted by Gasteiger charge is 2.25. The first kappa shape index (κ1) is 23.3. The van der Waals surface area contributed by atoms with Crippen LogP contribution in [0.4, 0.5) is 10.5 Å². The predicted octanol–water partition coefficient (Wildman–Crippen LogP) is 3.90. The van der Waals surface area contributed by atoms with Gasteiger partial charge in [0.05, 0.1) is 0 Å². The van der Waals surface area contributed by atoms with E-state index >= 15 is 0 Å². The summed E-state index contributed by atoms with van der Waals surface area (Å²) in [5.74, 6) is 0.254. The zero-order chi connectivity index (χ0) is 23.3. The van der Waals surface area contributed by atoms with Crippen molar-refractivity contribution in [2.45, 2.75) is 45.6 Å². The standard InChI is InChI=1S/C25H32N4O3/c1-16(2)27-25(32)28-22-15-21(6-5-17(22)3)24(31)29-13-11-19(12-14-29)18-7-9-20(10-8-18)23(30)26-4/h5-10,15-16,19H,11-14H2,1-4H3,(H,26,30)(H2,27,28,32). The van der Waals surface area contributed by atoms with Crippen LogP contribution in [0.25, 0.3) is 0 Å². The second-order valence-corrected chi connectivity index (χ2v) is 8.55. The average Bonchev–Trinajstić information content (AvgIpc) is 2.79. The molecule has 1 heterocycles. The molecule has 0 aromatic heterocycles. The fourth-order valence-corrected chi connectivity index (χ4v) is 3.96. The Morgan fingerprint density at radius 3 is 2.19 bits per heavy atom. The van der Waals surface area contributed by atoms with E-state index in [2.05, 4.69) is 16.0 Å². The first-order valence-corrected chi connectivity index (χ1v) is 11.1. The van der Waals surface area contributed by atoms with E-state index in [0.29, 0.717) is 35.8 Å². The number of amides is 4. The number of carbonyl (C=O) groups excluding carboxylic acids is 3. The van der Waals surface area contributed by atoms with Crippen LogP contribution in [0.1, 0.15) is 64.4 Å². The lowest BCUT2D eigenvalue weighted by Gasteiger charge is -2.32. The van der Waals surface area contributed by atoms with Gasteiger partial charge in [0, 0.05) is 43.0 Å². The van der Waals surface area contributed by atoms with Crippen molar-refractivity contribution in [3.05, 3.63) is 64.7 Å². The average molecular weight is 437 g/mol. The Bertz CT molecular complexity index is 977. The van der Waals surface area contributed by atoms with E-state index in [-0.39, 0.29) is 23.9 Å². The van der Waals surface area contributed by atoms with Crippen LogP contribution in [0.15, 0.2) is 42.5 Å². The molecule has 7 nitrogen and oxygen atoms in total. The highest BCUT2D eigenvalue weighted by molar-refractivity contribution is 5.97. The van der Waals surface area contributed by atoms with Crippen LogP contribution in [-0.4, -0.2) is 48.9 Å². The fraction of sp³-hybridized carbons (Fsp3) is 0.400. The van der Waals surface area contributed by atoms with E-state index in [9.17, 15) is 14.4 Å². The highest BCUT2D eigenvalue weighted by Crippen LogP contribution is 2.29. The maximum absolute atomic E-state index is 13.1. The largest absolute Gasteiger partial charge is 0.355 e. The number of nitrogens with one attached hydrogen (secondary N) is 3. The summed E-state index contributed by atoms with van der Waals surface area (Å²) in [5, 5.41) is 8.26. The molecule has 2 aromatic carbocycles. The molecule has 0 radical (unpaired) electrons. The Morgan fingerprint density at radius 2 is 1.59 bits per heavy atom. The third-order valence-corrected chi connectivity index (χ3v) is 5.81. The SMILES string of the molecule is CNC(=O)c1ccc(C2CCN(C(=O)c3ccc(C)c(NC(=O)NC(C)C)c3)CC2)cc1. The van der Waals surface area contributed by atoms with Gasteiger partial charge >= 0.3 is 6.03 Å². The molecule has 1 saturated heterocycles. The molecule has 0 saturated carbocycles. The van der Waals surface area contributed by atoms with Gasteiger partial charge < -0.3 is 20.9 Å². The molecule has 0 atom stereocenters. The maximum Gasteiger partial charge on any atom is 0.319 e. The molecule has 2 aromatic rings. The Kier molecular flexibility index (Phi) is 7.51. The van der Waals surface area contributed by atoms with E-state index in [1.165, 1.54) is 5.56 Å². The molecule has 0 aliphatic carbocycles. The van der Waals surface area contributed by atoms with Gasteiger partial charge in [0.15, 0.2) is 0 Å². The Hall–Kier alpha value is -3.35. The normalized spacial score (nSPS) is 14.2. The van der Waals surface area contributed by atoms with Crippen LogP contribution in [0.3, 0.4) is 0 Å². The number of carbonyl (C=O) groups is 3. The highest BCUT2D eigenvalue weighted by atomic mass is 16.2. The number of benzene rings is 2. The fourth-order valence-electron chi connectivity index (χ4n) is 3.96. The molecule has 0 spiro atoms. The molecule has 0 unspecified atom stereocenters.